The van der Waals surface area contributed by atoms with Crippen molar-refractivity contribution < 1.29 is 0 Å². The zero-order chi connectivity index (χ0) is 19.0. The fourth-order valence-corrected chi connectivity index (χ4v) is 3.74. The van der Waals surface area contributed by atoms with Crippen LogP contribution in [0.2, 0.25) is 0 Å². The highest BCUT2D eigenvalue weighted by molar-refractivity contribution is 7.20. The van der Waals surface area contributed by atoms with Crippen molar-refractivity contribution in [1.29, 1.82) is 0 Å². The molecule has 4 aromatic rings. The molecule has 0 bridgehead atoms. The van der Waals surface area contributed by atoms with Crippen LogP contribution in [0.4, 0.5) is 5.13 Å². The fraction of sp³-hybridized carbons (Fsp3) is 0.350. The summed E-state index contributed by atoms with van der Waals surface area (Å²) in [6, 6.07) is 10.4. The van der Waals surface area contributed by atoms with Crippen LogP contribution < -0.4 is 4.90 Å². The van der Waals surface area contributed by atoms with Gasteiger partial charge in [0.25, 0.3) is 0 Å². The number of rotatable bonds is 5. The highest BCUT2D eigenvalue weighted by Crippen LogP contribution is 2.27. The van der Waals surface area contributed by atoms with Crippen LogP contribution in [0, 0.1) is 0 Å². The van der Waals surface area contributed by atoms with Gasteiger partial charge in [0.1, 0.15) is 0 Å². The van der Waals surface area contributed by atoms with Crippen LogP contribution >= 0.6 is 11.3 Å². The number of fused-ring (bicyclic) bond motifs is 1. The molecule has 0 radical (unpaired) electrons. The van der Waals surface area contributed by atoms with Gasteiger partial charge in [-0.3, -0.25) is 4.68 Å². The molecule has 0 amide bonds. The van der Waals surface area contributed by atoms with Gasteiger partial charge in [-0.1, -0.05) is 62.4 Å². The van der Waals surface area contributed by atoms with Crippen molar-refractivity contribution in [3.8, 4) is 0 Å². The first-order valence-electron chi connectivity index (χ1n) is 9.01. The Balaban J connectivity index is 1.45. The summed E-state index contributed by atoms with van der Waals surface area (Å²) >= 11 is 1.61. The van der Waals surface area contributed by atoms with Gasteiger partial charge in [-0.05, 0) is 5.56 Å². The monoisotopic (exact) mass is 380 g/mol. The van der Waals surface area contributed by atoms with Crippen LogP contribution in [0.15, 0.2) is 48.9 Å². The van der Waals surface area contributed by atoms with Gasteiger partial charge in [0.05, 0.1) is 24.6 Å². The maximum Gasteiger partial charge on any atom is 0.214 e. The van der Waals surface area contributed by atoms with E-state index in [1.54, 1.807) is 11.3 Å². The molecular weight excluding hydrogens is 356 g/mol. The largest absolute Gasteiger partial charge is 0.345 e. The molecule has 0 unspecified atom stereocenters. The molecule has 1 aromatic carbocycles. The van der Waals surface area contributed by atoms with Crippen molar-refractivity contribution in [2.24, 2.45) is 0 Å². The topological polar surface area (TPSA) is 51.2 Å². The minimum Gasteiger partial charge on any atom is -0.345 e. The first-order valence-corrected chi connectivity index (χ1v) is 9.83. The van der Waals surface area contributed by atoms with E-state index in [2.05, 4.69) is 73.4 Å². The first-order chi connectivity index (χ1) is 12.9. The maximum absolute atomic E-state index is 4.72. The second-order valence-electron chi connectivity index (χ2n) is 7.88. The lowest BCUT2D eigenvalue weighted by atomic mass is 9.93. The first kappa shape index (κ1) is 17.7. The fourth-order valence-electron chi connectivity index (χ4n) is 2.89. The summed E-state index contributed by atoms with van der Waals surface area (Å²) in [6.45, 7) is 8.04. The minimum absolute atomic E-state index is 0.0345. The van der Waals surface area contributed by atoms with Gasteiger partial charge >= 0.3 is 0 Å². The Kier molecular flexibility index (Phi) is 4.47. The number of hydrogen-bond acceptors (Lipinski definition) is 5. The Labute approximate surface area is 163 Å². The smallest absolute Gasteiger partial charge is 0.214 e. The average molecular weight is 381 g/mol. The van der Waals surface area contributed by atoms with E-state index >= 15 is 0 Å². The van der Waals surface area contributed by atoms with E-state index in [4.69, 9.17) is 4.98 Å². The molecule has 0 aliphatic carbocycles. The van der Waals surface area contributed by atoms with E-state index in [1.807, 2.05) is 27.7 Å². The second kappa shape index (κ2) is 6.81. The molecule has 3 aromatic heterocycles. The van der Waals surface area contributed by atoms with E-state index in [9.17, 15) is 0 Å². The van der Waals surface area contributed by atoms with Crippen LogP contribution in [-0.4, -0.2) is 31.4 Å². The highest BCUT2D eigenvalue weighted by atomic mass is 32.1. The lowest BCUT2D eigenvalue weighted by molar-refractivity contribution is 0.572. The molecule has 0 aliphatic heterocycles. The molecular formula is C20H24N6S. The summed E-state index contributed by atoms with van der Waals surface area (Å²) in [6.07, 6.45) is 6.05. The van der Waals surface area contributed by atoms with Crippen molar-refractivity contribution in [2.45, 2.75) is 39.3 Å². The zero-order valence-corrected chi connectivity index (χ0v) is 16.9. The van der Waals surface area contributed by atoms with Crippen LogP contribution in [0.1, 0.15) is 37.6 Å². The average Bonchev–Trinajstić information content (AvgIpc) is 3.29. The molecule has 0 fully saturated rings. The number of nitrogens with zero attached hydrogens (tertiary/aromatic N) is 6. The number of imidazole rings is 1. The highest BCUT2D eigenvalue weighted by Gasteiger charge is 2.20. The van der Waals surface area contributed by atoms with Gasteiger partial charge in [0.2, 0.25) is 10.1 Å². The third kappa shape index (κ3) is 3.88. The number of aromatic nitrogens is 5. The van der Waals surface area contributed by atoms with Crippen LogP contribution in [-0.2, 0) is 18.5 Å². The van der Waals surface area contributed by atoms with Crippen molar-refractivity contribution in [3.05, 3.63) is 65.7 Å². The Morgan fingerprint density at radius 2 is 1.85 bits per heavy atom. The van der Waals surface area contributed by atoms with E-state index in [0.29, 0.717) is 0 Å². The SMILES string of the molecule is CN(Cc1cnn(Cc2ccccc2)c1)c1nn2cc(C(C)(C)C)nc2s1. The van der Waals surface area contributed by atoms with Crippen molar-refractivity contribution in [1.82, 2.24) is 24.4 Å². The van der Waals surface area contributed by atoms with E-state index < -0.39 is 0 Å². The Morgan fingerprint density at radius 1 is 1.07 bits per heavy atom. The van der Waals surface area contributed by atoms with E-state index in [-0.39, 0.29) is 5.41 Å². The molecule has 7 heteroatoms. The van der Waals surface area contributed by atoms with Crippen molar-refractivity contribution in [2.75, 3.05) is 11.9 Å². The van der Waals surface area contributed by atoms with Gasteiger partial charge in [-0.15, -0.1) is 5.10 Å². The minimum atomic E-state index is 0.0345. The molecule has 0 spiro atoms. The van der Waals surface area contributed by atoms with Crippen molar-refractivity contribution in [3.63, 3.8) is 0 Å². The summed E-state index contributed by atoms with van der Waals surface area (Å²) in [5, 5.41) is 10.1. The molecule has 6 nitrogen and oxygen atoms in total. The van der Waals surface area contributed by atoms with Gasteiger partial charge in [-0.2, -0.15) is 5.10 Å². The summed E-state index contributed by atoms with van der Waals surface area (Å²) in [7, 11) is 2.05. The third-order valence-electron chi connectivity index (χ3n) is 4.42. The lowest BCUT2D eigenvalue weighted by Gasteiger charge is -2.14. The molecule has 27 heavy (non-hydrogen) atoms. The molecule has 0 saturated carbocycles. The van der Waals surface area contributed by atoms with Crippen LogP contribution in [0.3, 0.4) is 0 Å². The van der Waals surface area contributed by atoms with Gasteiger partial charge in [-0.25, -0.2) is 9.50 Å². The number of benzene rings is 1. The van der Waals surface area contributed by atoms with Crippen molar-refractivity contribution >= 4 is 21.4 Å². The maximum atomic E-state index is 4.72. The molecule has 0 N–H and O–H groups in total. The second-order valence-corrected chi connectivity index (χ2v) is 8.81. The Bertz CT molecular complexity index is 1010. The van der Waals surface area contributed by atoms with E-state index in [1.165, 1.54) is 5.56 Å². The summed E-state index contributed by atoms with van der Waals surface area (Å²) in [4.78, 5) is 7.79. The Hall–Kier alpha value is -2.67. The van der Waals surface area contributed by atoms with Crippen LogP contribution in [0.5, 0.6) is 0 Å². The normalized spacial score (nSPS) is 12.0. The van der Waals surface area contributed by atoms with E-state index in [0.717, 1.165) is 34.4 Å². The third-order valence-corrected chi connectivity index (χ3v) is 5.46. The number of anilines is 1. The van der Waals surface area contributed by atoms with Crippen LogP contribution in [0.25, 0.3) is 4.96 Å². The van der Waals surface area contributed by atoms with Gasteiger partial charge in [0, 0.05) is 30.8 Å². The summed E-state index contributed by atoms with van der Waals surface area (Å²) in [5.74, 6) is 0. The summed E-state index contributed by atoms with van der Waals surface area (Å²) in [5.41, 5.74) is 3.51. The molecule has 0 aliphatic rings. The van der Waals surface area contributed by atoms with Gasteiger partial charge in [0.15, 0.2) is 0 Å². The molecule has 0 saturated heterocycles. The summed E-state index contributed by atoms with van der Waals surface area (Å²) < 4.78 is 3.86. The molecule has 140 valence electrons. The standard InChI is InChI=1S/C20H24N6S/c1-20(2,3)17-14-26-18(22-17)27-19(23-26)24(4)11-16-10-21-25(13-16)12-15-8-6-5-7-9-15/h5-10,13-14H,11-12H2,1-4H3. The molecule has 0 atom stereocenters. The predicted molar refractivity (Wildman–Crippen MR) is 109 cm³/mol. The molecule has 3 heterocycles. The number of hydrogen-bond donors (Lipinski definition) is 0. The molecule has 4 rings (SSSR count). The predicted octanol–water partition coefficient (Wildman–Crippen LogP) is 3.97. The lowest BCUT2D eigenvalue weighted by Crippen LogP contribution is -2.16. The zero-order valence-electron chi connectivity index (χ0n) is 16.1. The van der Waals surface area contributed by atoms with Gasteiger partial charge < -0.3 is 4.90 Å². The quantitative estimate of drug-likeness (QED) is 0.526. The Morgan fingerprint density at radius 3 is 2.56 bits per heavy atom.